The minimum absolute atomic E-state index is 0.206. The first kappa shape index (κ1) is 17.3. The zero-order valence-corrected chi connectivity index (χ0v) is 14.4. The lowest BCUT2D eigenvalue weighted by Gasteiger charge is -2.11. The maximum atomic E-state index is 12.5. The molecule has 26 heavy (non-hydrogen) atoms. The predicted molar refractivity (Wildman–Crippen MR) is 98.8 cm³/mol. The topological polar surface area (TPSA) is 80.6 Å². The summed E-state index contributed by atoms with van der Waals surface area (Å²) in [6.07, 6.45) is 1.43. The fourth-order valence-electron chi connectivity index (χ4n) is 2.37. The third-order valence-corrected chi connectivity index (χ3v) is 3.84. The van der Waals surface area contributed by atoms with Crippen molar-refractivity contribution in [3.63, 3.8) is 0 Å². The summed E-state index contributed by atoms with van der Waals surface area (Å²) in [6, 6.07) is 15.4. The van der Waals surface area contributed by atoms with Crippen molar-refractivity contribution < 1.29 is 18.7 Å². The predicted octanol–water partition coefficient (Wildman–Crippen LogP) is 4.10. The second kappa shape index (κ2) is 7.57. The van der Waals surface area contributed by atoms with Gasteiger partial charge in [-0.3, -0.25) is 9.59 Å². The van der Waals surface area contributed by atoms with Gasteiger partial charge in [0.25, 0.3) is 11.8 Å². The maximum Gasteiger partial charge on any atom is 0.291 e. The number of amides is 2. The van der Waals surface area contributed by atoms with E-state index in [2.05, 4.69) is 10.6 Å². The number of benzene rings is 2. The van der Waals surface area contributed by atoms with Crippen LogP contribution in [0.5, 0.6) is 5.75 Å². The first-order valence-electron chi connectivity index (χ1n) is 7.98. The van der Waals surface area contributed by atoms with E-state index in [-0.39, 0.29) is 17.6 Å². The third-order valence-electron chi connectivity index (χ3n) is 3.84. The van der Waals surface area contributed by atoms with Gasteiger partial charge >= 0.3 is 0 Å². The molecule has 3 aromatic rings. The van der Waals surface area contributed by atoms with Gasteiger partial charge in [0.15, 0.2) is 5.76 Å². The Morgan fingerprint density at radius 3 is 2.38 bits per heavy atom. The molecule has 3 rings (SSSR count). The number of aryl methyl sites for hydroxylation is 1. The van der Waals surface area contributed by atoms with Gasteiger partial charge in [0.2, 0.25) is 0 Å². The molecule has 1 heterocycles. The summed E-state index contributed by atoms with van der Waals surface area (Å²) in [5.41, 5.74) is 2.47. The fraction of sp³-hybridized carbons (Fsp3) is 0.100. The molecule has 0 aliphatic rings. The number of ether oxygens (including phenoxy) is 1. The summed E-state index contributed by atoms with van der Waals surface area (Å²) in [6.45, 7) is 1.85. The van der Waals surface area contributed by atoms with Crippen LogP contribution >= 0.6 is 0 Å². The van der Waals surface area contributed by atoms with Crippen LogP contribution in [0.4, 0.5) is 11.4 Å². The van der Waals surface area contributed by atoms with Crippen molar-refractivity contribution in [1.29, 1.82) is 0 Å². The number of carbonyl (C=O) groups excluding carboxylic acids is 2. The van der Waals surface area contributed by atoms with Gasteiger partial charge in [0, 0.05) is 16.9 Å². The molecule has 0 saturated heterocycles. The molecule has 1 aromatic heterocycles. The third kappa shape index (κ3) is 3.92. The lowest BCUT2D eigenvalue weighted by atomic mass is 10.1. The van der Waals surface area contributed by atoms with Gasteiger partial charge in [-0.2, -0.15) is 0 Å². The minimum atomic E-state index is -0.370. The van der Waals surface area contributed by atoms with Gasteiger partial charge in [0.05, 0.1) is 13.4 Å². The molecule has 0 aliphatic carbocycles. The number of carbonyl (C=O) groups is 2. The average Bonchev–Trinajstić information content (AvgIpc) is 3.19. The number of hydrogen-bond acceptors (Lipinski definition) is 4. The van der Waals surface area contributed by atoms with Crippen LogP contribution in [0, 0.1) is 6.92 Å². The van der Waals surface area contributed by atoms with Crippen LogP contribution < -0.4 is 15.4 Å². The van der Waals surface area contributed by atoms with Crippen molar-refractivity contribution >= 4 is 23.2 Å². The Balaban J connectivity index is 1.75. The van der Waals surface area contributed by atoms with Crippen LogP contribution in [0.15, 0.2) is 65.3 Å². The molecule has 2 aromatic carbocycles. The molecule has 0 fully saturated rings. The summed E-state index contributed by atoms with van der Waals surface area (Å²) >= 11 is 0. The SMILES string of the molecule is COc1ccc(NC(=O)c2ccc(C)c(NC(=O)c3ccco3)c2)cc1. The minimum Gasteiger partial charge on any atom is -0.497 e. The molecule has 0 bridgehead atoms. The standard InChI is InChI=1S/C20H18N2O4/c1-13-5-6-14(12-17(13)22-20(24)18-4-3-11-26-18)19(23)21-15-7-9-16(25-2)10-8-15/h3-12H,1-2H3,(H,21,23)(H,22,24). The van der Waals surface area contributed by atoms with E-state index in [0.29, 0.717) is 22.7 Å². The summed E-state index contributed by atoms with van der Waals surface area (Å²) in [4.78, 5) is 24.6. The van der Waals surface area contributed by atoms with E-state index in [1.54, 1.807) is 61.7 Å². The Kier molecular flexibility index (Phi) is 5.03. The molecule has 132 valence electrons. The first-order chi connectivity index (χ1) is 12.6. The van der Waals surface area contributed by atoms with E-state index in [9.17, 15) is 9.59 Å². The van der Waals surface area contributed by atoms with Crippen LogP contribution in [0.25, 0.3) is 0 Å². The van der Waals surface area contributed by atoms with Gasteiger partial charge < -0.3 is 19.8 Å². The molecule has 0 spiro atoms. The summed E-state index contributed by atoms with van der Waals surface area (Å²) in [5, 5.41) is 5.57. The molecular weight excluding hydrogens is 332 g/mol. The summed E-state index contributed by atoms with van der Waals surface area (Å²) < 4.78 is 10.2. The summed E-state index contributed by atoms with van der Waals surface area (Å²) in [7, 11) is 1.58. The van der Waals surface area contributed by atoms with Crippen LogP contribution in [0.1, 0.15) is 26.5 Å². The number of furan rings is 1. The zero-order chi connectivity index (χ0) is 18.5. The van der Waals surface area contributed by atoms with Crippen molar-refractivity contribution in [2.24, 2.45) is 0 Å². The van der Waals surface area contributed by atoms with Crippen LogP contribution in [0.2, 0.25) is 0 Å². The Morgan fingerprint density at radius 2 is 1.73 bits per heavy atom. The molecular formula is C20H18N2O4. The van der Waals surface area contributed by atoms with E-state index in [1.807, 2.05) is 6.92 Å². The normalized spacial score (nSPS) is 10.2. The van der Waals surface area contributed by atoms with Gasteiger partial charge in [-0.25, -0.2) is 0 Å². The number of hydrogen-bond donors (Lipinski definition) is 2. The average molecular weight is 350 g/mol. The van der Waals surface area contributed by atoms with Gasteiger partial charge in [-0.1, -0.05) is 6.07 Å². The van der Waals surface area contributed by atoms with Gasteiger partial charge in [-0.05, 0) is 61.0 Å². The van der Waals surface area contributed by atoms with Crippen LogP contribution in [0.3, 0.4) is 0 Å². The monoisotopic (exact) mass is 350 g/mol. The van der Waals surface area contributed by atoms with Crippen molar-refractivity contribution in [2.75, 3.05) is 17.7 Å². The molecule has 0 atom stereocenters. The largest absolute Gasteiger partial charge is 0.497 e. The Labute approximate surface area is 150 Å². The zero-order valence-electron chi connectivity index (χ0n) is 14.4. The molecule has 6 nitrogen and oxygen atoms in total. The fourth-order valence-corrected chi connectivity index (χ4v) is 2.37. The van der Waals surface area contributed by atoms with E-state index < -0.39 is 0 Å². The maximum absolute atomic E-state index is 12.5. The Morgan fingerprint density at radius 1 is 0.962 bits per heavy atom. The second-order valence-corrected chi connectivity index (χ2v) is 5.64. The smallest absolute Gasteiger partial charge is 0.291 e. The number of nitrogens with one attached hydrogen (secondary N) is 2. The van der Waals surface area contributed by atoms with Crippen molar-refractivity contribution in [3.05, 3.63) is 77.7 Å². The molecule has 2 amide bonds. The Bertz CT molecular complexity index is 915. The second-order valence-electron chi connectivity index (χ2n) is 5.64. The van der Waals surface area contributed by atoms with E-state index >= 15 is 0 Å². The molecule has 0 unspecified atom stereocenters. The highest BCUT2D eigenvalue weighted by atomic mass is 16.5. The Hall–Kier alpha value is -3.54. The van der Waals surface area contributed by atoms with Crippen LogP contribution in [-0.2, 0) is 0 Å². The molecule has 2 N–H and O–H groups in total. The number of methoxy groups -OCH3 is 1. The number of rotatable bonds is 5. The van der Waals surface area contributed by atoms with E-state index in [4.69, 9.17) is 9.15 Å². The van der Waals surface area contributed by atoms with Gasteiger partial charge in [-0.15, -0.1) is 0 Å². The molecule has 0 radical (unpaired) electrons. The number of anilines is 2. The highest BCUT2D eigenvalue weighted by Crippen LogP contribution is 2.20. The lowest BCUT2D eigenvalue weighted by molar-refractivity contribution is 0.0993. The molecule has 0 aliphatic heterocycles. The van der Waals surface area contributed by atoms with Crippen molar-refractivity contribution in [2.45, 2.75) is 6.92 Å². The first-order valence-corrected chi connectivity index (χ1v) is 7.98. The van der Waals surface area contributed by atoms with Crippen molar-refractivity contribution in [3.8, 4) is 5.75 Å². The molecule has 0 saturated carbocycles. The highest BCUT2D eigenvalue weighted by molar-refractivity contribution is 6.07. The quantitative estimate of drug-likeness (QED) is 0.726. The molecule has 6 heteroatoms. The van der Waals surface area contributed by atoms with E-state index in [0.717, 1.165) is 5.56 Å². The summed E-state index contributed by atoms with van der Waals surface area (Å²) in [5.74, 6) is 0.272. The van der Waals surface area contributed by atoms with Crippen LogP contribution in [-0.4, -0.2) is 18.9 Å². The highest BCUT2D eigenvalue weighted by Gasteiger charge is 2.13. The van der Waals surface area contributed by atoms with Crippen molar-refractivity contribution in [1.82, 2.24) is 0 Å². The lowest BCUT2D eigenvalue weighted by Crippen LogP contribution is -2.15. The van der Waals surface area contributed by atoms with Gasteiger partial charge in [0.1, 0.15) is 5.75 Å². The van der Waals surface area contributed by atoms with E-state index in [1.165, 1.54) is 6.26 Å².